The lowest BCUT2D eigenvalue weighted by molar-refractivity contribution is 0.0948. The number of hydrogen-bond acceptors (Lipinski definition) is 4. The molecule has 1 N–H and O–H groups in total. The number of aryl methyl sites for hydroxylation is 1. The Bertz CT molecular complexity index is 415. The van der Waals surface area contributed by atoms with E-state index in [1.165, 1.54) is 25.0 Å². The molecule has 0 aliphatic carbocycles. The maximum Gasteiger partial charge on any atom is 0.270 e. The maximum absolute atomic E-state index is 11.9. The highest BCUT2D eigenvalue weighted by atomic mass is 35.5. The Balaban J connectivity index is 1.90. The van der Waals surface area contributed by atoms with Crippen LogP contribution in [0.4, 0.5) is 0 Å². The molecule has 1 aliphatic heterocycles. The molecule has 1 saturated heterocycles. The highest BCUT2D eigenvalue weighted by Crippen LogP contribution is 2.24. The van der Waals surface area contributed by atoms with Crippen LogP contribution in [-0.2, 0) is 0 Å². The Morgan fingerprint density at radius 2 is 2.39 bits per heavy atom. The largest absolute Gasteiger partial charge is 0.350 e. The van der Waals surface area contributed by atoms with Crippen molar-refractivity contribution in [2.45, 2.75) is 31.4 Å². The number of carbonyl (C=O) groups is 1. The molecule has 1 amide bonds. The normalized spacial score (nSPS) is 19.6. The average molecular weight is 286 g/mol. The van der Waals surface area contributed by atoms with Gasteiger partial charge >= 0.3 is 0 Å². The van der Waals surface area contributed by atoms with Gasteiger partial charge in [-0.15, -0.1) is 0 Å². The fourth-order valence-electron chi connectivity index (χ4n) is 1.91. The second kappa shape index (κ2) is 6.38. The molecule has 0 radical (unpaired) electrons. The van der Waals surface area contributed by atoms with Gasteiger partial charge in [-0.3, -0.25) is 4.79 Å². The fraction of sp³-hybridized carbons (Fsp3) is 0.583. The van der Waals surface area contributed by atoms with Crippen molar-refractivity contribution in [3.63, 3.8) is 0 Å². The topological polar surface area (TPSA) is 54.9 Å². The van der Waals surface area contributed by atoms with Crippen LogP contribution in [0.25, 0.3) is 0 Å². The molecule has 0 bridgehead atoms. The third kappa shape index (κ3) is 3.85. The minimum absolute atomic E-state index is 0.118. The van der Waals surface area contributed by atoms with E-state index in [0.29, 0.717) is 23.2 Å². The van der Waals surface area contributed by atoms with Gasteiger partial charge in [0.05, 0.1) is 0 Å². The molecular weight excluding hydrogens is 270 g/mol. The van der Waals surface area contributed by atoms with Gasteiger partial charge < -0.3 is 5.32 Å². The summed E-state index contributed by atoms with van der Waals surface area (Å²) >= 11 is 7.67. The second-order valence-electron chi connectivity index (χ2n) is 4.36. The summed E-state index contributed by atoms with van der Waals surface area (Å²) in [5, 5.41) is 3.56. The molecule has 1 unspecified atom stereocenters. The van der Waals surface area contributed by atoms with E-state index in [1.807, 2.05) is 11.8 Å². The molecular formula is C12H16ClN3OS. The molecule has 1 fully saturated rings. The number of amides is 1. The summed E-state index contributed by atoms with van der Waals surface area (Å²) in [7, 11) is 0. The van der Waals surface area contributed by atoms with Crippen LogP contribution in [-0.4, -0.2) is 33.4 Å². The zero-order valence-electron chi connectivity index (χ0n) is 10.3. The van der Waals surface area contributed by atoms with Crippen molar-refractivity contribution in [1.82, 2.24) is 15.3 Å². The first-order valence-corrected chi connectivity index (χ1v) is 7.49. The molecule has 1 aliphatic rings. The molecule has 2 rings (SSSR count). The Labute approximate surface area is 116 Å². The lowest BCUT2D eigenvalue weighted by Crippen LogP contribution is -2.32. The van der Waals surface area contributed by atoms with Crippen molar-refractivity contribution >= 4 is 29.3 Å². The van der Waals surface area contributed by atoms with Gasteiger partial charge in [-0.25, -0.2) is 9.97 Å². The highest BCUT2D eigenvalue weighted by molar-refractivity contribution is 7.99. The lowest BCUT2D eigenvalue weighted by Gasteiger charge is -2.21. The number of nitrogens with zero attached hydrogens (tertiary/aromatic N) is 2. The van der Waals surface area contributed by atoms with Crippen LogP contribution in [0.3, 0.4) is 0 Å². The summed E-state index contributed by atoms with van der Waals surface area (Å²) in [5.41, 5.74) is 1.04. The molecule has 1 atom stereocenters. The van der Waals surface area contributed by atoms with Gasteiger partial charge in [0.1, 0.15) is 5.69 Å². The molecule has 2 heterocycles. The number of nitrogens with one attached hydrogen (secondary N) is 1. The van der Waals surface area contributed by atoms with Crippen molar-refractivity contribution in [3.05, 3.63) is 22.7 Å². The lowest BCUT2D eigenvalue weighted by atomic mass is 10.2. The summed E-state index contributed by atoms with van der Waals surface area (Å²) in [4.78, 5) is 19.8. The minimum atomic E-state index is -0.173. The number of hydrogen-bond donors (Lipinski definition) is 1. The Morgan fingerprint density at radius 3 is 3.06 bits per heavy atom. The smallest absolute Gasteiger partial charge is 0.270 e. The monoisotopic (exact) mass is 285 g/mol. The van der Waals surface area contributed by atoms with Crippen molar-refractivity contribution in [2.75, 3.05) is 12.3 Å². The van der Waals surface area contributed by atoms with E-state index in [9.17, 15) is 4.79 Å². The first kappa shape index (κ1) is 13.6. The summed E-state index contributed by atoms with van der Waals surface area (Å²) in [5.74, 6) is 1.02. The molecule has 4 nitrogen and oxygen atoms in total. The van der Waals surface area contributed by atoms with Crippen molar-refractivity contribution in [2.24, 2.45) is 0 Å². The van der Waals surface area contributed by atoms with Crippen molar-refractivity contribution < 1.29 is 4.79 Å². The van der Waals surface area contributed by atoms with Crippen LogP contribution in [0.2, 0.25) is 5.28 Å². The zero-order valence-corrected chi connectivity index (χ0v) is 11.9. The van der Waals surface area contributed by atoms with Gasteiger partial charge in [-0.05, 0) is 43.2 Å². The maximum atomic E-state index is 11.9. The number of halogens is 1. The number of thioether (sulfide) groups is 1. The van der Waals surface area contributed by atoms with E-state index in [4.69, 9.17) is 11.6 Å². The molecule has 0 aromatic carbocycles. The van der Waals surface area contributed by atoms with Gasteiger partial charge in [0, 0.05) is 17.5 Å². The molecule has 1 aromatic heterocycles. The third-order valence-electron chi connectivity index (χ3n) is 2.82. The molecule has 0 saturated carbocycles. The Kier molecular flexibility index (Phi) is 4.83. The minimum Gasteiger partial charge on any atom is -0.350 e. The molecule has 98 valence electrons. The van der Waals surface area contributed by atoms with E-state index in [2.05, 4.69) is 15.3 Å². The van der Waals surface area contributed by atoms with Crippen LogP contribution >= 0.6 is 23.4 Å². The first-order valence-electron chi connectivity index (χ1n) is 6.06. The van der Waals surface area contributed by atoms with Crippen molar-refractivity contribution in [3.8, 4) is 0 Å². The average Bonchev–Trinajstić information content (AvgIpc) is 2.36. The molecule has 6 heteroatoms. The summed E-state index contributed by atoms with van der Waals surface area (Å²) < 4.78 is 0. The SMILES string of the molecule is Cc1cc(C(=O)NCC2CCCCS2)nc(Cl)n1. The molecule has 0 spiro atoms. The van der Waals surface area contributed by atoms with Crippen LogP contribution in [0.15, 0.2) is 6.07 Å². The quantitative estimate of drug-likeness (QED) is 0.867. The van der Waals surface area contributed by atoms with E-state index < -0.39 is 0 Å². The van der Waals surface area contributed by atoms with E-state index in [1.54, 1.807) is 13.0 Å². The number of carbonyl (C=O) groups excluding carboxylic acids is 1. The van der Waals surface area contributed by atoms with Gasteiger partial charge in [-0.2, -0.15) is 11.8 Å². The Morgan fingerprint density at radius 1 is 1.56 bits per heavy atom. The Hall–Kier alpha value is -0.810. The summed E-state index contributed by atoms with van der Waals surface area (Å²) in [6.07, 6.45) is 3.72. The van der Waals surface area contributed by atoms with Crippen molar-refractivity contribution in [1.29, 1.82) is 0 Å². The first-order chi connectivity index (χ1) is 8.65. The summed E-state index contributed by atoms with van der Waals surface area (Å²) in [6.45, 7) is 2.49. The standard InChI is InChI=1S/C12H16ClN3OS/c1-8-6-10(16-12(13)15-8)11(17)14-7-9-4-2-3-5-18-9/h6,9H,2-5,7H2,1H3,(H,14,17). The molecule has 1 aromatic rings. The third-order valence-corrected chi connectivity index (χ3v) is 4.39. The van der Waals surface area contributed by atoms with E-state index >= 15 is 0 Å². The predicted octanol–water partition coefficient (Wildman–Crippen LogP) is 2.45. The van der Waals surface area contributed by atoms with Crippen LogP contribution in [0.1, 0.15) is 35.4 Å². The van der Waals surface area contributed by atoms with E-state index in [0.717, 1.165) is 0 Å². The number of rotatable bonds is 3. The fourth-order valence-corrected chi connectivity index (χ4v) is 3.38. The van der Waals surface area contributed by atoms with Crippen LogP contribution in [0, 0.1) is 6.92 Å². The molecule has 18 heavy (non-hydrogen) atoms. The second-order valence-corrected chi connectivity index (χ2v) is 6.11. The van der Waals surface area contributed by atoms with Crippen LogP contribution < -0.4 is 5.32 Å². The zero-order chi connectivity index (χ0) is 13.0. The van der Waals surface area contributed by atoms with Gasteiger partial charge in [0.2, 0.25) is 5.28 Å². The van der Waals surface area contributed by atoms with Gasteiger partial charge in [0.25, 0.3) is 5.91 Å². The number of aromatic nitrogens is 2. The van der Waals surface area contributed by atoms with E-state index in [-0.39, 0.29) is 11.2 Å². The van der Waals surface area contributed by atoms with Gasteiger partial charge in [-0.1, -0.05) is 6.42 Å². The van der Waals surface area contributed by atoms with Crippen LogP contribution in [0.5, 0.6) is 0 Å². The predicted molar refractivity (Wildman–Crippen MR) is 74.2 cm³/mol. The van der Waals surface area contributed by atoms with Gasteiger partial charge in [0.15, 0.2) is 0 Å². The summed E-state index contributed by atoms with van der Waals surface area (Å²) in [6, 6.07) is 1.65. The highest BCUT2D eigenvalue weighted by Gasteiger charge is 2.16.